The number of hydrogen-bond acceptors (Lipinski definition) is 1. The Morgan fingerprint density at radius 2 is 2.20 bits per heavy atom. The molecule has 0 fully saturated rings. The molecule has 1 aliphatic rings. The van der Waals surface area contributed by atoms with Crippen molar-refractivity contribution >= 4 is 28.3 Å². The number of aldehydes is 1. The highest BCUT2D eigenvalue weighted by molar-refractivity contribution is 9.10. The van der Waals surface area contributed by atoms with Crippen molar-refractivity contribution in [2.45, 2.75) is 24.6 Å². The van der Waals surface area contributed by atoms with Crippen LogP contribution in [0.3, 0.4) is 0 Å². The SMILES string of the molecule is Cc1cccc2c1C=C(C(Br)C=O)C2C. The van der Waals surface area contributed by atoms with Gasteiger partial charge in [0.05, 0.1) is 4.83 Å². The summed E-state index contributed by atoms with van der Waals surface area (Å²) in [6.07, 6.45) is 3.09. The summed E-state index contributed by atoms with van der Waals surface area (Å²) >= 11 is 3.39. The average Bonchev–Trinajstić information content (AvgIpc) is 2.57. The number of halogens is 1. The number of rotatable bonds is 2. The quantitative estimate of drug-likeness (QED) is 0.591. The van der Waals surface area contributed by atoms with Crippen LogP contribution in [0.2, 0.25) is 0 Å². The number of hydrogen-bond donors (Lipinski definition) is 0. The molecule has 1 aromatic rings. The minimum atomic E-state index is -0.153. The molecule has 0 N–H and O–H groups in total. The van der Waals surface area contributed by atoms with Crippen molar-refractivity contribution in [2.24, 2.45) is 0 Å². The molecule has 78 valence electrons. The number of carbonyl (C=O) groups excluding carboxylic acids is 1. The Balaban J connectivity index is 2.49. The molecule has 1 nitrogen and oxygen atoms in total. The lowest BCUT2D eigenvalue weighted by Crippen LogP contribution is -2.07. The van der Waals surface area contributed by atoms with Crippen molar-refractivity contribution in [1.82, 2.24) is 0 Å². The topological polar surface area (TPSA) is 17.1 Å². The van der Waals surface area contributed by atoms with Gasteiger partial charge >= 0.3 is 0 Å². The first-order valence-electron chi connectivity index (χ1n) is 5.05. The summed E-state index contributed by atoms with van der Waals surface area (Å²) in [5.74, 6) is 0.342. The lowest BCUT2D eigenvalue weighted by molar-refractivity contribution is -0.106. The van der Waals surface area contributed by atoms with E-state index >= 15 is 0 Å². The second-order valence-electron chi connectivity index (χ2n) is 3.98. The van der Waals surface area contributed by atoms with Crippen molar-refractivity contribution in [3.63, 3.8) is 0 Å². The van der Waals surface area contributed by atoms with Gasteiger partial charge in [-0.2, -0.15) is 0 Å². The van der Waals surface area contributed by atoms with Gasteiger partial charge in [-0.1, -0.05) is 47.1 Å². The van der Waals surface area contributed by atoms with Crippen LogP contribution in [0.4, 0.5) is 0 Å². The Morgan fingerprint density at radius 3 is 2.80 bits per heavy atom. The molecule has 0 bridgehead atoms. The summed E-state index contributed by atoms with van der Waals surface area (Å²) in [5, 5.41) is 0. The molecular weight excluding hydrogens is 252 g/mol. The van der Waals surface area contributed by atoms with Crippen LogP contribution in [0.25, 0.3) is 6.08 Å². The molecule has 0 aromatic heterocycles. The molecule has 15 heavy (non-hydrogen) atoms. The van der Waals surface area contributed by atoms with E-state index in [2.05, 4.69) is 54.1 Å². The van der Waals surface area contributed by atoms with E-state index in [1.54, 1.807) is 0 Å². The van der Waals surface area contributed by atoms with Crippen molar-refractivity contribution in [3.8, 4) is 0 Å². The highest BCUT2D eigenvalue weighted by atomic mass is 79.9. The second kappa shape index (κ2) is 3.93. The van der Waals surface area contributed by atoms with Crippen LogP contribution in [0.1, 0.15) is 29.5 Å². The van der Waals surface area contributed by atoms with E-state index in [0.29, 0.717) is 5.92 Å². The third kappa shape index (κ3) is 1.67. The smallest absolute Gasteiger partial charge is 0.137 e. The Kier molecular flexibility index (Phi) is 2.79. The van der Waals surface area contributed by atoms with Crippen LogP contribution in [0.5, 0.6) is 0 Å². The first-order valence-corrected chi connectivity index (χ1v) is 5.97. The first-order chi connectivity index (χ1) is 7.15. The Hall–Kier alpha value is -0.890. The zero-order chi connectivity index (χ0) is 11.0. The van der Waals surface area contributed by atoms with Crippen LogP contribution in [-0.4, -0.2) is 11.1 Å². The van der Waals surface area contributed by atoms with E-state index in [0.717, 1.165) is 11.9 Å². The summed E-state index contributed by atoms with van der Waals surface area (Å²) < 4.78 is 0. The molecular formula is C13H13BrO. The Labute approximate surface area is 98.3 Å². The van der Waals surface area contributed by atoms with E-state index < -0.39 is 0 Å². The van der Waals surface area contributed by atoms with Gasteiger partial charge in [0.1, 0.15) is 6.29 Å². The second-order valence-corrected chi connectivity index (χ2v) is 4.97. The predicted octanol–water partition coefficient (Wildman–Crippen LogP) is 3.46. The van der Waals surface area contributed by atoms with Crippen LogP contribution in [0.15, 0.2) is 23.8 Å². The number of alkyl halides is 1. The molecule has 0 saturated carbocycles. The minimum absolute atomic E-state index is 0.153. The van der Waals surface area contributed by atoms with Crippen molar-refractivity contribution in [3.05, 3.63) is 40.5 Å². The van der Waals surface area contributed by atoms with Crippen LogP contribution < -0.4 is 0 Å². The average molecular weight is 265 g/mol. The fourth-order valence-corrected chi connectivity index (χ4v) is 2.68. The molecule has 0 heterocycles. The van der Waals surface area contributed by atoms with Gasteiger partial charge in [0.25, 0.3) is 0 Å². The van der Waals surface area contributed by atoms with E-state index in [9.17, 15) is 4.79 Å². The number of aryl methyl sites for hydroxylation is 1. The fraction of sp³-hybridized carbons (Fsp3) is 0.308. The van der Waals surface area contributed by atoms with Crippen LogP contribution >= 0.6 is 15.9 Å². The lowest BCUT2D eigenvalue weighted by atomic mass is 9.95. The summed E-state index contributed by atoms with van der Waals surface area (Å²) in [6, 6.07) is 6.32. The highest BCUT2D eigenvalue weighted by Crippen LogP contribution is 2.40. The third-order valence-electron chi connectivity index (χ3n) is 3.07. The van der Waals surface area contributed by atoms with Gasteiger partial charge in [0.15, 0.2) is 0 Å². The zero-order valence-corrected chi connectivity index (χ0v) is 10.4. The van der Waals surface area contributed by atoms with Crippen molar-refractivity contribution < 1.29 is 4.79 Å². The fourth-order valence-electron chi connectivity index (χ4n) is 2.15. The van der Waals surface area contributed by atoms with Crippen molar-refractivity contribution in [2.75, 3.05) is 0 Å². The molecule has 2 heteroatoms. The number of fused-ring (bicyclic) bond motifs is 1. The van der Waals surface area contributed by atoms with E-state index in [4.69, 9.17) is 0 Å². The molecule has 2 rings (SSSR count). The number of allylic oxidation sites excluding steroid dienone is 1. The van der Waals surface area contributed by atoms with E-state index in [1.807, 2.05) is 0 Å². The van der Waals surface area contributed by atoms with Gasteiger partial charge in [-0.05, 0) is 29.2 Å². The molecule has 2 atom stereocenters. The maximum absolute atomic E-state index is 10.8. The molecule has 1 aliphatic carbocycles. The maximum atomic E-state index is 10.8. The van der Waals surface area contributed by atoms with E-state index in [-0.39, 0.29) is 4.83 Å². The Bertz CT molecular complexity index is 434. The minimum Gasteiger partial charge on any atom is -0.302 e. The zero-order valence-electron chi connectivity index (χ0n) is 8.83. The maximum Gasteiger partial charge on any atom is 0.137 e. The summed E-state index contributed by atoms with van der Waals surface area (Å²) in [7, 11) is 0. The number of benzene rings is 1. The lowest BCUT2D eigenvalue weighted by Gasteiger charge is -2.12. The molecule has 1 aromatic carbocycles. The van der Waals surface area contributed by atoms with Crippen LogP contribution in [-0.2, 0) is 4.79 Å². The molecule has 0 radical (unpaired) electrons. The molecule has 0 aliphatic heterocycles. The highest BCUT2D eigenvalue weighted by Gasteiger charge is 2.26. The normalized spacial score (nSPS) is 20.7. The first kappa shape index (κ1) is 10.6. The van der Waals surface area contributed by atoms with Crippen LogP contribution in [0, 0.1) is 6.92 Å². The van der Waals surface area contributed by atoms with Gasteiger partial charge in [-0.25, -0.2) is 0 Å². The molecule has 0 amide bonds. The predicted molar refractivity (Wildman–Crippen MR) is 66.4 cm³/mol. The number of carbonyl (C=O) groups is 1. The monoisotopic (exact) mass is 264 g/mol. The summed E-state index contributed by atoms with van der Waals surface area (Å²) in [6.45, 7) is 4.25. The van der Waals surface area contributed by atoms with Gasteiger partial charge in [0, 0.05) is 5.92 Å². The van der Waals surface area contributed by atoms with Gasteiger partial charge < -0.3 is 4.79 Å². The van der Waals surface area contributed by atoms with Gasteiger partial charge in [-0.15, -0.1) is 0 Å². The van der Waals surface area contributed by atoms with Gasteiger partial charge in [-0.3, -0.25) is 0 Å². The van der Waals surface area contributed by atoms with E-state index in [1.165, 1.54) is 16.7 Å². The summed E-state index contributed by atoms with van der Waals surface area (Å²) in [5.41, 5.74) is 5.05. The van der Waals surface area contributed by atoms with Gasteiger partial charge in [0.2, 0.25) is 0 Å². The summed E-state index contributed by atoms with van der Waals surface area (Å²) in [4.78, 5) is 10.6. The molecule has 0 spiro atoms. The Morgan fingerprint density at radius 1 is 1.47 bits per heavy atom. The largest absolute Gasteiger partial charge is 0.302 e. The third-order valence-corrected chi connectivity index (χ3v) is 3.82. The van der Waals surface area contributed by atoms with Crippen molar-refractivity contribution in [1.29, 1.82) is 0 Å². The molecule has 2 unspecified atom stereocenters. The standard InChI is InChI=1S/C13H13BrO/c1-8-4-3-5-10-9(2)12(6-11(8)10)13(14)7-15/h3-7,9,13H,1-2H3. The molecule has 0 saturated heterocycles.